The van der Waals surface area contributed by atoms with E-state index in [0.29, 0.717) is 0 Å². The Hall–Kier alpha value is 1.46. The zero-order valence-electron chi connectivity index (χ0n) is 7.97. The van der Waals surface area contributed by atoms with E-state index in [9.17, 15) is 0 Å². The molecule has 14 heavy (non-hydrogen) atoms. The summed E-state index contributed by atoms with van der Waals surface area (Å²) in [5, 5.41) is 7.42. The van der Waals surface area contributed by atoms with Crippen LogP contribution in [-0.4, -0.2) is 32.4 Å². The summed E-state index contributed by atoms with van der Waals surface area (Å²) in [7, 11) is -5.14. The third kappa shape index (κ3) is 980. The van der Waals surface area contributed by atoms with Gasteiger partial charge in [-0.1, -0.05) is 0 Å². The summed E-state index contributed by atoms with van der Waals surface area (Å²) in [6.45, 7) is 1.08. The van der Waals surface area contributed by atoms with E-state index in [2.05, 4.69) is 0 Å². The third-order valence-electron chi connectivity index (χ3n) is 0. The molecule has 8 N–H and O–H groups in total. The maximum atomic E-state index is 9.00. The first-order valence-electron chi connectivity index (χ1n) is 1.68. The van der Waals surface area contributed by atoms with Gasteiger partial charge in [-0.25, -0.2) is 0 Å². The van der Waals surface area contributed by atoms with E-state index < -0.39 is 13.8 Å². The number of hydrogen-bond acceptors (Lipinski definition) is 4. The smallest absolute Gasteiger partial charge is 0.790 e. The molecule has 0 aliphatic heterocycles. The minimum Gasteiger partial charge on any atom is -0.790 e. The summed E-state index contributed by atoms with van der Waals surface area (Å²) < 4.78 is 8.66. The molecule has 0 atom stereocenters. The number of carboxylic acids is 1. The predicted molar refractivity (Wildman–Crippen MR) is 34.0 cm³/mol. The maximum Gasteiger partial charge on any atom is 1.00 e. The van der Waals surface area contributed by atoms with Gasteiger partial charge in [0.05, 0.1) is 7.82 Å². The molecule has 0 saturated heterocycles. The zero-order valence-corrected chi connectivity index (χ0v) is 12.9. The van der Waals surface area contributed by atoms with Crippen molar-refractivity contribution in [3.63, 3.8) is 0 Å². The fourth-order valence-corrected chi connectivity index (χ4v) is 0. The van der Waals surface area contributed by atoms with Crippen LogP contribution in [-0.2, 0) is 9.36 Å². The molecule has 0 aromatic rings. The van der Waals surface area contributed by atoms with E-state index in [1.807, 2.05) is 0 Å². The van der Waals surface area contributed by atoms with Crippen molar-refractivity contribution in [1.82, 2.24) is 0 Å². The minimum absolute atomic E-state index is 0. The van der Waals surface area contributed by atoms with Crippen LogP contribution >= 0.6 is 7.82 Å². The summed E-state index contributed by atoms with van der Waals surface area (Å²) in [6, 6.07) is 0. The maximum absolute atomic E-state index is 9.00. The molecule has 9 nitrogen and oxygen atoms in total. The summed E-state index contributed by atoms with van der Waals surface area (Å²) in [5.74, 6) is -0.833. The second-order valence-corrected chi connectivity index (χ2v) is 1.92. The van der Waals surface area contributed by atoms with Gasteiger partial charge < -0.3 is 40.8 Å². The number of aliphatic carboxylic acids is 1. The van der Waals surface area contributed by atoms with Crippen LogP contribution < -0.4 is 68.9 Å². The van der Waals surface area contributed by atoms with Gasteiger partial charge >= 0.3 is 59.1 Å². The van der Waals surface area contributed by atoms with Crippen molar-refractivity contribution in [2.24, 2.45) is 0 Å². The number of rotatable bonds is 0. The molecule has 0 aliphatic rings. The van der Waals surface area contributed by atoms with Gasteiger partial charge in [-0.3, -0.25) is 4.79 Å². The molecule has 12 heteroatoms. The molecule has 0 fully saturated rings. The normalized spacial score (nSPS) is 6.00. The van der Waals surface area contributed by atoms with E-state index in [0.717, 1.165) is 6.92 Å². The fourth-order valence-electron chi connectivity index (χ4n) is 0. The Morgan fingerprint density at radius 1 is 1.14 bits per heavy atom. The summed E-state index contributed by atoms with van der Waals surface area (Å²) in [4.78, 5) is 33.3. The van der Waals surface area contributed by atoms with E-state index in [4.69, 9.17) is 29.1 Å². The first kappa shape index (κ1) is 45.2. The van der Waals surface area contributed by atoms with Gasteiger partial charge in [0.25, 0.3) is 5.97 Å². The Bertz CT molecular complexity index is 121. The summed E-state index contributed by atoms with van der Waals surface area (Å²) in [5.41, 5.74) is 0. The second kappa shape index (κ2) is 23.9. The molecule has 0 amide bonds. The van der Waals surface area contributed by atoms with Crippen molar-refractivity contribution in [1.29, 1.82) is 0 Å². The minimum atomic E-state index is -5.14. The zero-order chi connectivity index (χ0) is 8.08. The Kier molecular flexibility index (Phi) is 77.2. The molecule has 0 radical (unpaired) electrons. The third-order valence-corrected chi connectivity index (χ3v) is 0. The molecule has 0 unspecified atom stereocenters. The molecule has 0 aliphatic carbocycles. The van der Waals surface area contributed by atoms with Crippen molar-refractivity contribution in [2.45, 2.75) is 6.92 Å². The second-order valence-electron chi connectivity index (χ2n) is 0.988. The molecule has 0 spiro atoms. The van der Waals surface area contributed by atoms with E-state index in [1.54, 1.807) is 0 Å². The number of hydrogen-bond donors (Lipinski definition) is 2. The van der Waals surface area contributed by atoms with Crippen LogP contribution in [0, 0.1) is 0 Å². The average Bonchev–Trinajstić information content (AvgIpc) is 1.19. The van der Waals surface area contributed by atoms with Crippen molar-refractivity contribution in [3.05, 3.63) is 0 Å². The van der Waals surface area contributed by atoms with Gasteiger partial charge in [0.2, 0.25) is 0 Å². The number of carbonyl (C=O) groups is 1. The quantitative estimate of drug-likeness (QED) is 0.316. The van der Waals surface area contributed by atoms with Crippen molar-refractivity contribution in [3.8, 4) is 0 Å². The monoisotopic (exact) mass is 256 g/mol. The molecular weight excluding hydrogens is 245 g/mol. The van der Waals surface area contributed by atoms with Gasteiger partial charge in [0, 0.05) is 6.92 Å². The fraction of sp³-hybridized carbons (Fsp3) is 0.500. The van der Waals surface area contributed by atoms with Crippen molar-refractivity contribution < 1.29 is 105 Å². The Morgan fingerprint density at radius 2 is 1.14 bits per heavy atom. The van der Waals surface area contributed by atoms with Crippen LogP contribution in [0.3, 0.4) is 0 Å². The molecule has 0 rings (SSSR count). The molecule has 0 aromatic heterocycles. The molecule has 0 aromatic carbocycles. The van der Waals surface area contributed by atoms with Crippen LogP contribution in [0.5, 0.6) is 0 Å². The van der Waals surface area contributed by atoms with Crippen LogP contribution in [0.25, 0.3) is 0 Å². The molecule has 0 bridgehead atoms. The van der Waals surface area contributed by atoms with Crippen molar-refractivity contribution in [2.75, 3.05) is 0 Å². The molecule has 0 saturated carbocycles. The molecular formula is C2H11Na2O9P. The largest absolute Gasteiger partial charge is 1.00 e. The summed E-state index contributed by atoms with van der Waals surface area (Å²) in [6.07, 6.45) is 0. The predicted octanol–water partition coefficient (Wildman–Crippen LogP) is -10.6. The van der Waals surface area contributed by atoms with Gasteiger partial charge in [-0.2, -0.15) is 0 Å². The Labute approximate surface area is 124 Å². The van der Waals surface area contributed by atoms with Crippen LogP contribution in [0.15, 0.2) is 0 Å². The Morgan fingerprint density at radius 3 is 1.14 bits per heavy atom. The van der Waals surface area contributed by atoms with Gasteiger partial charge in [0.1, 0.15) is 0 Å². The Balaban J connectivity index is -0.0000000104. The average molecular weight is 256 g/mol. The van der Waals surface area contributed by atoms with Crippen LogP contribution in [0.2, 0.25) is 0 Å². The van der Waals surface area contributed by atoms with E-state index >= 15 is 0 Å². The van der Waals surface area contributed by atoms with E-state index in [-0.39, 0.29) is 75.5 Å². The van der Waals surface area contributed by atoms with Crippen LogP contribution in [0.1, 0.15) is 6.92 Å². The number of carboxylic acid groups (broad SMARTS) is 1. The van der Waals surface area contributed by atoms with Gasteiger partial charge in [-0.15, -0.1) is 0 Å². The molecule has 0 heterocycles. The van der Waals surface area contributed by atoms with Crippen molar-refractivity contribution >= 4 is 13.8 Å². The SMILES string of the molecule is CC(=O)O.O.O.O.O=P([O-])([O-])O.[Na+].[Na+]. The first-order chi connectivity index (χ1) is 3.73. The summed E-state index contributed by atoms with van der Waals surface area (Å²) >= 11 is 0. The van der Waals surface area contributed by atoms with Gasteiger partial charge in [-0.05, 0) is 0 Å². The van der Waals surface area contributed by atoms with Crippen LogP contribution in [0.4, 0.5) is 0 Å². The topological polar surface area (TPSA) is 215 Å². The van der Waals surface area contributed by atoms with Gasteiger partial charge in [0.15, 0.2) is 0 Å². The molecule has 80 valence electrons. The first-order valence-corrected chi connectivity index (χ1v) is 3.17. The van der Waals surface area contributed by atoms with E-state index in [1.165, 1.54) is 0 Å². The number of phosphoric acid groups is 1. The standard InChI is InChI=1S/C2H4O2.2Na.H3O4P.3H2O/c1-2(3)4;;;1-5(2,3)4;;;/h1H3,(H,3,4);;;(H3,1,2,3,4);3*1H2/q;2*+1;;;;/p-2.